The van der Waals surface area contributed by atoms with E-state index >= 15 is 0 Å². The van der Waals surface area contributed by atoms with Crippen molar-refractivity contribution in [1.29, 1.82) is 0 Å². The van der Waals surface area contributed by atoms with Gasteiger partial charge in [-0.15, -0.1) is 0 Å². The van der Waals surface area contributed by atoms with Gasteiger partial charge < -0.3 is 10.1 Å². The van der Waals surface area contributed by atoms with E-state index in [2.05, 4.69) is 11.9 Å². The molecule has 1 amide bonds. The van der Waals surface area contributed by atoms with Gasteiger partial charge in [0.15, 0.2) is 11.6 Å². The van der Waals surface area contributed by atoms with Gasteiger partial charge in [-0.25, -0.2) is 0 Å². The maximum absolute atomic E-state index is 11.7. The molecule has 1 fully saturated rings. The summed E-state index contributed by atoms with van der Waals surface area (Å²) in [7, 11) is 0. The summed E-state index contributed by atoms with van der Waals surface area (Å²) < 4.78 is 4.98. The molecule has 6 nitrogen and oxygen atoms in total. The third-order valence-electron chi connectivity index (χ3n) is 4.43. The van der Waals surface area contributed by atoms with E-state index in [0.717, 1.165) is 51.4 Å². The standard InChI is InChI=1S/C20H31NO5/c1-15(2)20(25)21-14-10-8-6-4-3-5-7-9-11-18(24)26-19-16(22)12-13-17(19)23/h19H,1,3-14H2,2H3,(H,21,25). The molecule has 0 unspecified atom stereocenters. The molecule has 1 N–H and O–H groups in total. The molecule has 6 heteroatoms. The summed E-state index contributed by atoms with van der Waals surface area (Å²) in [6.07, 6.45) is 7.69. The number of hydrogen-bond acceptors (Lipinski definition) is 5. The highest BCUT2D eigenvalue weighted by atomic mass is 16.5. The molecule has 0 saturated heterocycles. The third-order valence-corrected chi connectivity index (χ3v) is 4.43. The topological polar surface area (TPSA) is 89.5 Å². The highest BCUT2D eigenvalue weighted by Crippen LogP contribution is 2.16. The molecule has 0 aromatic rings. The first-order valence-corrected chi connectivity index (χ1v) is 9.60. The second kappa shape index (κ2) is 12.4. The lowest BCUT2D eigenvalue weighted by Gasteiger charge is -2.09. The van der Waals surface area contributed by atoms with Gasteiger partial charge in [0.2, 0.25) is 12.0 Å². The van der Waals surface area contributed by atoms with Crippen LogP contribution in [0.1, 0.15) is 77.6 Å². The Morgan fingerprint density at radius 1 is 0.962 bits per heavy atom. The number of carbonyl (C=O) groups is 4. The molecule has 146 valence electrons. The van der Waals surface area contributed by atoms with Crippen molar-refractivity contribution in [3.8, 4) is 0 Å². The predicted octanol–water partition coefficient (Wildman–Crippen LogP) is 3.03. The molecule has 1 saturated carbocycles. The van der Waals surface area contributed by atoms with Crippen molar-refractivity contribution in [2.45, 2.75) is 83.7 Å². The fourth-order valence-corrected chi connectivity index (χ4v) is 2.82. The molecule has 0 radical (unpaired) electrons. The van der Waals surface area contributed by atoms with Crippen LogP contribution in [0, 0.1) is 0 Å². The second-order valence-corrected chi connectivity index (χ2v) is 6.92. The molecule has 1 aliphatic carbocycles. The summed E-state index contributed by atoms with van der Waals surface area (Å²) in [5, 5.41) is 2.82. The van der Waals surface area contributed by atoms with Crippen LogP contribution in [-0.4, -0.2) is 36.1 Å². The number of unbranched alkanes of at least 4 members (excludes halogenated alkanes) is 7. The fourth-order valence-electron chi connectivity index (χ4n) is 2.82. The average Bonchev–Trinajstić information content (AvgIpc) is 2.91. The minimum absolute atomic E-state index is 0.0785. The van der Waals surface area contributed by atoms with Crippen molar-refractivity contribution in [1.82, 2.24) is 5.32 Å². The lowest BCUT2D eigenvalue weighted by atomic mass is 10.1. The Labute approximate surface area is 155 Å². The fraction of sp³-hybridized carbons (Fsp3) is 0.700. The first-order valence-electron chi connectivity index (χ1n) is 9.60. The van der Waals surface area contributed by atoms with Gasteiger partial charge in [-0.3, -0.25) is 19.2 Å². The zero-order valence-electron chi connectivity index (χ0n) is 15.8. The maximum atomic E-state index is 11.7. The molecule has 0 bridgehead atoms. The van der Waals surface area contributed by atoms with Crippen LogP contribution in [0.5, 0.6) is 0 Å². The minimum atomic E-state index is -1.14. The van der Waals surface area contributed by atoms with E-state index in [1.54, 1.807) is 6.92 Å². The van der Waals surface area contributed by atoms with Crippen LogP contribution < -0.4 is 5.32 Å². The summed E-state index contributed by atoms with van der Waals surface area (Å²) in [4.78, 5) is 45.7. The van der Waals surface area contributed by atoms with Gasteiger partial charge in [0.1, 0.15) is 0 Å². The number of carbonyl (C=O) groups excluding carboxylic acids is 4. The minimum Gasteiger partial charge on any atom is -0.446 e. The van der Waals surface area contributed by atoms with Gasteiger partial charge in [0, 0.05) is 31.4 Å². The summed E-state index contributed by atoms with van der Waals surface area (Å²) in [6, 6.07) is 0. The number of nitrogens with one attached hydrogen (secondary N) is 1. The van der Waals surface area contributed by atoms with E-state index in [0.29, 0.717) is 12.1 Å². The quantitative estimate of drug-likeness (QED) is 0.234. The van der Waals surface area contributed by atoms with Gasteiger partial charge in [-0.05, 0) is 19.8 Å². The number of esters is 1. The van der Waals surface area contributed by atoms with Gasteiger partial charge in [0.25, 0.3) is 0 Å². The van der Waals surface area contributed by atoms with Crippen molar-refractivity contribution < 1.29 is 23.9 Å². The zero-order chi connectivity index (χ0) is 19.4. The van der Waals surface area contributed by atoms with Gasteiger partial charge in [0.05, 0.1) is 0 Å². The summed E-state index contributed by atoms with van der Waals surface area (Å²) in [6.45, 7) is 5.98. The summed E-state index contributed by atoms with van der Waals surface area (Å²) in [5.74, 6) is -1.08. The van der Waals surface area contributed by atoms with Crippen LogP contribution in [-0.2, 0) is 23.9 Å². The molecule has 1 rings (SSSR count). The molecule has 0 aliphatic heterocycles. The lowest BCUT2D eigenvalue weighted by Crippen LogP contribution is -2.28. The van der Waals surface area contributed by atoms with E-state index in [9.17, 15) is 19.2 Å². The Balaban J connectivity index is 1.89. The first-order chi connectivity index (χ1) is 12.4. The number of amides is 1. The van der Waals surface area contributed by atoms with Crippen molar-refractivity contribution in [2.75, 3.05) is 6.54 Å². The van der Waals surface area contributed by atoms with Gasteiger partial charge in [-0.1, -0.05) is 45.1 Å². The normalized spacial score (nSPS) is 14.5. The molecule has 0 aromatic carbocycles. The van der Waals surface area contributed by atoms with Gasteiger partial charge in [-0.2, -0.15) is 0 Å². The van der Waals surface area contributed by atoms with E-state index in [-0.39, 0.29) is 36.7 Å². The number of Topliss-reactive ketones (excluding diaryl/α,β-unsaturated/α-hetero) is 2. The van der Waals surface area contributed by atoms with E-state index in [1.165, 1.54) is 0 Å². The van der Waals surface area contributed by atoms with Crippen LogP contribution >= 0.6 is 0 Å². The lowest BCUT2D eigenvalue weighted by molar-refractivity contribution is -0.157. The van der Waals surface area contributed by atoms with E-state index in [1.807, 2.05) is 0 Å². The predicted molar refractivity (Wildman–Crippen MR) is 98.5 cm³/mol. The molecule has 0 heterocycles. The Morgan fingerprint density at radius 2 is 1.46 bits per heavy atom. The molecular weight excluding hydrogens is 334 g/mol. The number of ether oxygens (including phenoxy) is 1. The molecular formula is C20H31NO5. The smallest absolute Gasteiger partial charge is 0.306 e. The number of ketones is 2. The molecule has 26 heavy (non-hydrogen) atoms. The highest BCUT2D eigenvalue weighted by Gasteiger charge is 2.35. The van der Waals surface area contributed by atoms with Gasteiger partial charge >= 0.3 is 5.97 Å². The van der Waals surface area contributed by atoms with Crippen LogP contribution in [0.2, 0.25) is 0 Å². The number of rotatable bonds is 13. The Morgan fingerprint density at radius 3 is 2.00 bits per heavy atom. The largest absolute Gasteiger partial charge is 0.446 e. The summed E-state index contributed by atoms with van der Waals surface area (Å²) in [5.41, 5.74) is 0.537. The SMILES string of the molecule is C=C(C)C(=O)NCCCCCCCCCCC(=O)OC1C(=O)CCC1=O. The molecule has 0 aromatic heterocycles. The van der Waals surface area contributed by atoms with E-state index in [4.69, 9.17) is 4.74 Å². The van der Waals surface area contributed by atoms with Crippen LogP contribution in [0.3, 0.4) is 0 Å². The second-order valence-electron chi connectivity index (χ2n) is 6.92. The maximum Gasteiger partial charge on any atom is 0.306 e. The number of hydrogen-bond donors (Lipinski definition) is 1. The zero-order valence-corrected chi connectivity index (χ0v) is 15.8. The molecule has 1 aliphatic rings. The van der Waals surface area contributed by atoms with Crippen molar-refractivity contribution in [3.05, 3.63) is 12.2 Å². The highest BCUT2D eigenvalue weighted by molar-refractivity contribution is 6.12. The van der Waals surface area contributed by atoms with Crippen LogP contribution in [0.15, 0.2) is 12.2 Å². The Kier molecular flexibility index (Phi) is 10.5. The monoisotopic (exact) mass is 365 g/mol. The van der Waals surface area contributed by atoms with Crippen molar-refractivity contribution >= 4 is 23.4 Å². The molecule has 0 spiro atoms. The molecule has 0 atom stereocenters. The summed E-state index contributed by atoms with van der Waals surface area (Å²) >= 11 is 0. The Bertz CT molecular complexity index is 510. The van der Waals surface area contributed by atoms with Crippen LogP contribution in [0.25, 0.3) is 0 Å². The van der Waals surface area contributed by atoms with Crippen LogP contribution in [0.4, 0.5) is 0 Å². The first kappa shape index (κ1) is 22.1. The Hall–Kier alpha value is -1.98. The van der Waals surface area contributed by atoms with E-state index < -0.39 is 12.1 Å². The third kappa shape index (κ3) is 8.92. The van der Waals surface area contributed by atoms with Crippen molar-refractivity contribution in [3.63, 3.8) is 0 Å². The average molecular weight is 365 g/mol. The van der Waals surface area contributed by atoms with Crippen molar-refractivity contribution in [2.24, 2.45) is 0 Å².